The van der Waals surface area contributed by atoms with Crippen molar-refractivity contribution >= 4 is 21.6 Å². The van der Waals surface area contributed by atoms with Gasteiger partial charge in [0.05, 0.1) is 12.3 Å². The molecule has 0 aliphatic heterocycles. The molecule has 0 heterocycles. The van der Waals surface area contributed by atoms with Crippen LogP contribution in [0, 0.1) is 11.8 Å². The molecule has 5 heteroatoms. The van der Waals surface area contributed by atoms with Gasteiger partial charge >= 0.3 is 0 Å². The number of benzene rings is 1. The molecule has 0 radical (unpaired) electrons. The van der Waals surface area contributed by atoms with E-state index in [9.17, 15) is 8.42 Å². The fourth-order valence-electron chi connectivity index (χ4n) is 1.27. The summed E-state index contributed by atoms with van der Waals surface area (Å²) < 4.78 is 25.4. The second-order valence-corrected chi connectivity index (χ2v) is 6.17. The zero-order valence-electron chi connectivity index (χ0n) is 10.2. The van der Waals surface area contributed by atoms with Crippen molar-refractivity contribution < 1.29 is 8.42 Å². The molecule has 0 saturated carbocycles. The minimum absolute atomic E-state index is 0.124. The Morgan fingerprint density at radius 3 is 2.83 bits per heavy atom. The van der Waals surface area contributed by atoms with Gasteiger partial charge in [-0.3, -0.25) is 0 Å². The molecule has 0 aromatic heterocycles. The third-order valence-corrected chi connectivity index (χ3v) is 3.85. The summed E-state index contributed by atoms with van der Waals surface area (Å²) in [5.41, 5.74) is 0.773. The van der Waals surface area contributed by atoms with Crippen LogP contribution in [0.25, 0.3) is 0 Å². The van der Waals surface area contributed by atoms with Crippen LogP contribution in [0.3, 0.4) is 0 Å². The largest absolute Gasteiger partial charge is 0.212 e. The first-order valence-electron chi connectivity index (χ1n) is 5.75. The Kier molecular flexibility index (Phi) is 6.20. The topological polar surface area (TPSA) is 46.2 Å². The lowest BCUT2D eigenvalue weighted by Gasteiger charge is -2.01. The predicted octanol–water partition coefficient (Wildman–Crippen LogP) is 2.41. The van der Waals surface area contributed by atoms with Crippen molar-refractivity contribution in [2.75, 3.05) is 12.3 Å². The summed E-state index contributed by atoms with van der Waals surface area (Å²) in [7, 11) is -3.18. The first-order valence-corrected chi connectivity index (χ1v) is 7.78. The molecule has 0 spiro atoms. The molecule has 0 amide bonds. The highest BCUT2D eigenvalue weighted by Crippen LogP contribution is 2.09. The van der Waals surface area contributed by atoms with E-state index < -0.39 is 10.0 Å². The molecule has 1 aromatic carbocycles. The molecule has 98 valence electrons. The van der Waals surface area contributed by atoms with Crippen LogP contribution in [-0.4, -0.2) is 20.7 Å². The zero-order valence-corrected chi connectivity index (χ0v) is 11.8. The Morgan fingerprint density at radius 1 is 1.39 bits per heavy atom. The van der Waals surface area contributed by atoms with Gasteiger partial charge in [-0.25, -0.2) is 13.1 Å². The van der Waals surface area contributed by atoms with Gasteiger partial charge < -0.3 is 0 Å². The van der Waals surface area contributed by atoms with Crippen molar-refractivity contribution in [1.29, 1.82) is 0 Å². The van der Waals surface area contributed by atoms with Gasteiger partial charge in [0.15, 0.2) is 0 Å². The molecule has 0 aliphatic carbocycles. The van der Waals surface area contributed by atoms with Gasteiger partial charge in [-0.05, 0) is 24.6 Å². The highest BCUT2D eigenvalue weighted by atomic mass is 35.5. The van der Waals surface area contributed by atoms with E-state index in [1.807, 2.05) is 13.0 Å². The summed E-state index contributed by atoms with van der Waals surface area (Å²) >= 11 is 5.81. The van der Waals surface area contributed by atoms with Crippen LogP contribution in [0.15, 0.2) is 24.3 Å². The normalized spacial score (nSPS) is 10.8. The molecule has 1 rings (SSSR count). The average molecular weight is 286 g/mol. The lowest BCUT2D eigenvalue weighted by molar-refractivity contribution is 0.582. The summed E-state index contributed by atoms with van der Waals surface area (Å²) in [6.45, 7) is 2.08. The number of hydrogen-bond acceptors (Lipinski definition) is 2. The number of halogens is 1. The van der Waals surface area contributed by atoms with Crippen LogP contribution >= 0.6 is 11.6 Å². The van der Waals surface area contributed by atoms with Crippen LogP contribution in [0.5, 0.6) is 0 Å². The number of nitrogens with one attached hydrogen (secondary N) is 1. The third kappa shape index (κ3) is 6.06. The Balaban J connectivity index is 2.47. The molecule has 0 saturated heterocycles. The number of hydrogen-bond donors (Lipinski definition) is 1. The molecule has 0 unspecified atom stereocenters. The molecular weight excluding hydrogens is 270 g/mol. The van der Waals surface area contributed by atoms with Gasteiger partial charge in [0.25, 0.3) is 0 Å². The van der Waals surface area contributed by atoms with Crippen molar-refractivity contribution in [2.24, 2.45) is 0 Å². The van der Waals surface area contributed by atoms with Crippen LogP contribution in [0.4, 0.5) is 0 Å². The van der Waals surface area contributed by atoms with Gasteiger partial charge in [-0.1, -0.05) is 42.9 Å². The summed E-state index contributed by atoms with van der Waals surface area (Å²) in [5.74, 6) is 5.77. The fraction of sp³-hybridized carbons (Fsp3) is 0.385. The van der Waals surface area contributed by atoms with E-state index in [2.05, 4.69) is 16.6 Å². The number of sulfonamides is 1. The van der Waals surface area contributed by atoms with Crippen molar-refractivity contribution in [1.82, 2.24) is 4.72 Å². The molecule has 0 fully saturated rings. The maximum Gasteiger partial charge on any atom is 0.212 e. The lowest BCUT2D eigenvalue weighted by Crippen LogP contribution is -2.26. The van der Waals surface area contributed by atoms with Crippen molar-refractivity contribution in [3.05, 3.63) is 34.9 Å². The molecule has 18 heavy (non-hydrogen) atoms. The van der Waals surface area contributed by atoms with Gasteiger partial charge in [-0.2, -0.15) is 0 Å². The van der Waals surface area contributed by atoms with Crippen molar-refractivity contribution in [3.8, 4) is 11.8 Å². The molecule has 1 N–H and O–H groups in total. The predicted molar refractivity (Wildman–Crippen MR) is 75.0 cm³/mol. The van der Waals surface area contributed by atoms with E-state index in [-0.39, 0.29) is 12.3 Å². The second kappa shape index (κ2) is 7.42. The maximum absolute atomic E-state index is 11.5. The Morgan fingerprint density at radius 2 is 2.17 bits per heavy atom. The van der Waals surface area contributed by atoms with Gasteiger partial charge in [0.2, 0.25) is 10.0 Å². The Bertz CT molecular complexity index is 544. The Hall–Kier alpha value is -1.02. The van der Waals surface area contributed by atoms with E-state index >= 15 is 0 Å². The monoisotopic (exact) mass is 285 g/mol. The molecule has 0 atom stereocenters. The van der Waals surface area contributed by atoms with Gasteiger partial charge in [0.1, 0.15) is 0 Å². The summed E-state index contributed by atoms with van der Waals surface area (Å²) in [6.07, 6.45) is 1.52. The van der Waals surface area contributed by atoms with Gasteiger partial charge in [0, 0.05) is 10.6 Å². The smallest absolute Gasteiger partial charge is 0.212 e. The van der Waals surface area contributed by atoms with Crippen LogP contribution < -0.4 is 4.72 Å². The minimum atomic E-state index is -3.18. The molecule has 3 nitrogen and oxygen atoms in total. The highest BCUT2D eigenvalue weighted by Gasteiger charge is 2.06. The van der Waals surface area contributed by atoms with E-state index in [0.717, 1.165) is 12.0 Å². The number of rotatable bonds is 5. The second-order valence-electron chi connectivity index (χ2n) is 3.81. The molecular formula is C13H16ClNO2S. The average Bonchev–Trinajstić information content (AvgIpc) is 2.32. The van der Waals surface area contributed by atoms with E-state index in [1.54, 1.807) is 18.2 Å². The van der Waals surface area contributed by atoms with Crippen LogP contribution in [0.1, 0.15) is 25.3 Å². The minimum Gasteiger partial charge on any atom is -0.212 e. The first-order chi connectivity index (χ1) is 8.53. The molecule has 0 bridgehead atoms. The van der Waals surface area contributed by atoms with Crippen molar-refractivity contribution in [3.63, 3.8) is 0 Å². The van der Waals surface area contributed by atoms with Crippen LogP contribution in [0.2, 0.25) is 5.02 Å². The highest BCUT2D eigenvalue weighted by molar-refractivity contribution is 7.89. The van der Waals surface area contributed by atoms with E-state index in [0.29, 0.717) is 11.4 Å². The molecule has 1 aromatic rings. The lowest BCUT2D eigenvalue weighted by atomic mass is 10.2. The summed E-state index contributed by atoms with van der Waals surface area (Å²) in [6, 6.07) is 7.13. The van der Waals surface area contributed by atoms with Crippen molar-refractivity contribution in [2.45, 2.75) is 19.8 Å². The maximum atomic E-state index is 11.5. The van der Waals surface area contributed by atoms with Crippen LogP contribution in [-0.2, 0) is 10.0 Å². The third-order valence-electron chi connectivity index (χ3n) is 2.20. The summed E-state index contributed by atoms with van der Waals surface area (Å²) in [5, 5.41) is 0.616. The first kappa shape index (κ1) is 15.0. The summed E-state index contributed by atoms with van der Waals surface area (Å²) in [4.78, 5) is 0. The molecule has 0 aliphatic rings. The Labute approximate surface area is 114 Å². The van der Waals surface area contributed by atoms with E-state index in [1.165, 1.54) is 0 Å². The quantitative estimate of drug-likeness (QED) is 0.845. The standard InChI is InChI=1S/C13H16ClNO2S/c1-2-3-10-18(16,17)15-9-5-7-12-6-4-8-13(14)11-12/h4,6,8,11,15H,2-3,9-10H2,1H3. The van der Waals surface area contributed by atoms with E-state index in [4.69, 9.17) is 11.6 Å². The fourth-order valence-corrected chi connectivity index (χ4v) is 2.56. The SMILES string of the molecule is CCCCS(=O)(=O)NCC#Cc1cccc(Cl)c1. The van der Waals surface area contributed by atoms with Gasteiger partial charge in [-0.15, -0.1) is 0 Å². The number of unbranched alkanes of at least 4 members (excludes halogenated alkanes) is 1. The zero-order chi connectivity index (χ0) is 13.4.